The molecule has 0 spiro atoms. The molecule has 2 amide bonds. The second-order valence-electron chi connectivity index (χ2n) is 6.41. The van der Waals surface area contributed by atoms with Gasteiger partial charge in [0.2, 0.25) is 11.8 Å². The number of amides is 2. The van der Waals surface area contributed by atoms with Crippen molar-refractivity contribution in [1.82, 2.24) is 0 Å². The first-order valence-electron chi connectivity index (χ1n) is 8.30. The number of carbonyl (C=O) groups is 2. The lowest BCUT2D eigenvalue weighted by Gasteiger charge is -2.19. The predicted molar refractivity (Wildman–Crippen MR) is 98.0 cm³/mol. The van der Waals surface area contributed by atoms with Crippen LogP contribution in [0, 0.1) is 19.8 Å². The number of nitrogens with zero attached hydrogens (tertiary/aromatic N) is 1. The minimum absolute atomic E-state index is 0.0106. The Balaban J connectivity index is 1.71. The normalized spacial score (nSPS) is 16.8. The lowest BCUT2D eigenvalue weighted by Crippen LogP contribution is -2.28. The van der Waals surface area contributed by atoms with Crippen molar-refractivity contribution in [2.24, 2.45) is 5.92 Å². The van der Waals surface area contributed by atoms with Crippen molar-refractivity contribution in [3.8, 4) is 5.75 Å². The molecule has 0 aliphatic carbocycles. The van der Waals surface area contributed by atoms with E-state index in [1.807, 2.05) is 32.0 Å². The van der Waals surface area contributed by atoms with Crippen LogP contribution in [0.15, 0.2) is 42.5 Å². The Bertz CT molecular complexity index is 799. The highest BCUT2D eigenvalue weighted by Gasteiger charge is 2.35. The second kappa shape index (κ2) is 6.97. The van der Waals surface area contributed by atoms with Gasteiger partial charge < -0.3 is 15.0 Å². The zero-order chi connectivity index (χ0) is 18.0. The number of nitrogens with one attached hydrogen (secondary N) is 1. The van der Waals surface area contributed by atoms with Gasteiger partial charge in [0.05, 0.1) is 13.0 Å². The van der Waals surface area contributed by atoms with Crippen LogP contribution < -0.4 is 15.0 Å². The largest absolute Gasteiger partial charge is 0.497 e. The quantitative estimate of drug-likeness (QED) is 0.930. The lowest BCUT2D eigenvalue weighted by atomic mass is 10.1. The van der Waals surface area contributed by atoms with Crippen LogP contribution in [-0.2, 0) is 9.59 Å². The van der Waals surface area contributed by atoms with E-state index in [0.29, 0.717) is 12.2 Å². The Morgan fingerprint density at radius 1 is 1.16 bits per heavy atom. The summed E-state index contributed by atoms with van der Waals surface area (Å²) in [6, 6.07) is 13.2. The molecule has 1 saturated heterocycles. The van der Waals surface area contributed by atoms with Gasteiger partial charge in [-0.3, -0.25) is 9.59 Å². The molecule has 5 nitrogen and oxygen atoms in total. The van der Waals surface area contributed by atoms with Crippen LogP contribution in [-0.4, -0.2) is 25.5 Å². The monoisotopic (exact) mass is 338 g/mol. The summed E-state index contributed by atoms with van der Waals surface area (Å²) in [4.78, 5) is 26.7. The fourth-order valence-corrected chi connectivity index (χ4v) is 3.04. The van der Waals surface area contributed by atoms with Crippen LogP contribution in [0.1, 0.15) is 17.5 Å². The highest BCUT2D eigenvalue weighted by molar-refractivity contribution is 6.03. The summed E-state index contributed by atoms with van der Waals surface area (Å²) in [5.74, 6) is 0.236. The van der Waals surface area contributed by atoms with E-state index in [-0.39, 0.29) is 24.2 Å². The van der Waals surface area contributed by atoms with Gasteiger partial charge in [0.1, 0.15) is 5.75 Å². The Morgan fingerprint density at radius 2 is 1.88 bits per heavy atom. The molecule has 1 aliphatic heterocycles. The molecule has 1 fully saturated rings. The fraction of sp³-hybridized carbons (Fsp3) is 0.300. The van der Waals surface area contributed by atoms with E-state index in [0.717, 1.165) is 22.6 Å². The van der Waals surface area contributed by atoms with Gasteiger partial charge in [-0.05, 0) is 55.3 Å². The first-order valence-corrected chi connectivity index (χ1v) is 8.30. The minimum Gasteiger partial charge on any atom is -0.497 e. The van der Waals surface area contributed by atoms with E-state index >= 15 is 0 Å². The standard InChI is InChI=1S/C20H22N2O3/c1-13-4-5-14(2)18(10-13)22-12-15(11-19(22)23)20(24)21-16-6-8-17(25-3)9-7-16/h4-10,15H,11-12H2,1-3H3,(H,21,24)/t15-/m0/s1. The fourth-order valence-electron chi connectivity index (χ4n) is 3.04. The summed E-state index contributed by atoms with van der Waals surface area (Å²) in [5.41, 5.74) is 3.72. The number of anilines is 2. The highest BCUT2D eigenvalue weighted by Crippen LogP contribution is 2.29. The summed E-state index contributed by atoms with van der Waals surface area (Å²) < 4.78 is 5.11. The molecule has 130 valence electrons. The molecule has 0 radical (unpaired) electrons. The van der Waals surface area contributed by atoms with Crippen molar-refractivity contribution in [2.45, 2.75) is 20.3 Å². The molecule has 0 aromatic heterocycles. The first-order chi connectivity index (χ1) is 12.0. The molecule has 1 atom stereocenters. The highest BCUT2D eigenvalue weighted by atomic mass is 16.5. The summed E-state index contributed by atoms with van der Waals surface area (Å²) in [5, 5.41) is 2.88. The summed E-state index contributed by atoms with van der Waals surface area (Å²) in [7, 11) is 1.60. The molecule has 0 bridgehead atoms. The Kier molecular flexibility index (Phi) is 4.74. The lowest BCUT2D eigenvalue weighted by molar-refractivity contribution is -0.122. The predicted octanol–water partition coefficient (Wildman–Crippen LogP) is 3.30. The number of rotatable bonds is 4. The Hall–Kier alpha value is -2.82. The minimum atomic E-state index is -0.352. The van der Waals surface area contributed by atoms with E-state index in [9.17, 15) is 9.59 Å². The molecule has 3 rings (SSSR count). The molecule has 0 unspecified atom stereocenters. The van der Waals surface area contributed by atoms with E-state index in [2.05, 4.69) is 5.32 Å². The number of hydrogen-bond donors (Lipinski definition) is 1. The van der Waals surface area contributed by atoms with Gasteiger partial charge in [-0.15, -0.1) is 0 Å². The first kappa shape index (κ1) is 17.0. The maximum Gasteiger partial charge on any atom is 0.229 e. The van der Waals surface area contributed by atoms with E-state index < -0.39 is 0 Å². The maximum absolute atomic E-state index is 12.5. The number of benzene rings is 2. The average Bonchev–Trinajstić information content (AvgIpc) is 2.99. The van der Waals surface area contributed by atoms with Crippen molar-refractivity contribution >= 4 is 23.2 Å². The smallest absolute Gasteiger partial charge is 0.229 e. The second-order valence-corrected chi connectivity index (χ2v) is 6.41. The molecule has 2 aromatic rings. The van der Waals surface area contributed by atoms with Gasteiger partial charge >= 0.3 is 0 Å². The van der Waals surface area contributed by atoms with Gasteiger partial charge in [-0.25, -0.2) is 0 Å². The average molecular weight is 338 g/mol. The number of ether oxygens (including phenoxy) is 1. The maximum atomic E-state index is 12.5. The third-order valence-electron chi connectivity index (χ3n) is 4.51. The summed E-state index contributed by atoms with van der Waals surface area (Å²) in [6.45, 7) is 4.38. The van der Waals surface area contributed by atoms with Crippen molar-refractivity contribution in [1.29, 1.82) is 0 Å². The Morgan fingerprint density at radius 3 is 2.56 bits per heavy atom. The molecule has 25 heavy (non-hydrogen) atoms. The molecule has 0 saturated carbocycles. The van der Waals surface area contributed by atoms with Crippen LogP contribution in [0.25, 0.3) is 0 Å². The molecule has 2 aromatic carbocycles. The van der Waals surface area contributed by atoms with Crippen LogP contribution in [0.2, 0.25) is 0 Å². The summed E-state index contributed by atoms with van der Waals surface area (Å²) >= 11 is 0. The number of hydrogen-bond acceptors (Lipinski definition) is 3. The molecule has 1 heterocycles. The molecule has 5 heteroatoms. The zero-order valence-electron chi connectivity index (χ0n) is 14.7. The van der Waals surface area contributed by atoms with Crippen molar-refractivity contribution in [3.63, 3.8) is 0 Å². The molecule has 1 N–H and O–H groups in total. The molecular weight excluding hydrogens is 316 g/mol. The number of methoxy groups -OCH3 is 1. The van der Waals surface area contributed by atoms with Gasteiger partial charge in [0, 0.05) is 24.3 Å². The number of carbonyl (C=O) groups excluding carboxylic acids is 2. The van der Waals surface area contributed by atoms with Crippen LogP contribution >= 0.6 is 0 Å². The van der Waals surface area contributed by atoms with Crippen LogP contribution in [0.3, 0.4) is 0 Å². The Labute approximate surface area is 147 Å². The van der Waals surface area contributed by atoms with Crippen molar-refractivity contribution < 1.29 is 14.3 Å². The molecule has 1 aliphatic rings. The van der Waals surface area contributed by atoms with Crippen LogP contribution in [0.4, 0.5) is 11.4 Å². The van der Waals surface area contributed by atoms with Crippen molar-refractivity contribution in [2.75, 3.05) is 23.9 Å². The molecular formula is C20H22N2O3. The van der Waals surface area contributed by atoms with Crippen LogP contribution in [0.5, 0.6) is 5.75 Å². The number of aryl methyl sites for hydroxylation is 2. The van der Waals surface area contributed by atoms with E-state index in [1.165, 1.54) is 0 Å². The van der Waals surface area contributed by atoms with Gasteiger partial charge in [-0.2, -0.15) is 0 Å². The van der Waals surface area contributed by atoms with Gasteiger partial charge in [0.15, 0.2) is 0 Å². The summed E-state index contributed by atoms with van der Waals surface area (Å²) in [6.07, 6.45) is 0.232. The van der Waals surface area contributed by atoms with Gasteiger partial charge in [-0.1, -0.05) is 12.1 Å². The van der Waals surface area contributed by atoms with E-state index in [4.69, 9.17) is 4.74 Å². The van der Waals surface area contributed by atoms with Gasteiger partial charge in [0.25, 0.3) is 0 Å². The SMILES string of the molecule is COc1ccc(NC(=O)[C@H]2CC(=O)N(c3cc(C)ccc3C)C2)cc1. The third-order valence-corrected chi connectivity index (χ3v) is 4.51. The van der Waals surface area contributed by atoms with Crippen molar-refractivity contribution in [3.05, 3.63) is 53.6 Å². The van der Waals surface area contributed by atoms with E-state index in [1.54, 1.807) is 36.3 Å². The topological polar surface area (TPSA) is 58.6 Å². The zero-order valence-corrected chi connectivity index (χ0v) is 14.7. The third kappa shape index (κ3) is 3.65.